The van der Waals surface area contributed by atoms with Crippen molar-refractivity contribution >= 4 is 22.6 Å². The van der Waals surface area contributed by atoms with E-state index in [1.165, 1.54) is 19.2 Å². The normalized spacial score (nSPS) is 17.7. The molecule has 0 aliphatic carbocycles. The molecule has 0 saturated carbocycles. The standard InChI is InChI=1S/C10H14IN3O/c11-9-5-13-7-14-10(9)15-6-8-1-3-12-4-2-8/h5,7-8,12H,1-4,6H2. The van der Waals surface area contributed by atoms with Gasteiger partial charge < -0.3 is 10.1 Å². The molecule has 0 amide bonds. The average Bonchev–Trinajstić information content (AvgIpc) is 2.29. The predicted octanol–water partition coefficient (Wildman–Crippen LogP) is 1.46. The maximum absolute atomic E-state index is 5.69. The van der Waals surface area contributed by atoms with Crippen molar-refractivity contribution in [1.82, 2.24) is 15.3 Å². The van der Waals surface area contributed by atoms with Gasteiger partial charge in [0.1, 0.15) is 6.33 Å². The predicted molar refractivity (Wildman–Crippen MR) is 65.8 cm³/mol. The molecule has 1 N–H and O–H groups in total. The van der Waals surface area contributed by atoms with Crippen LogP contribution in [0.25, 0.3) is 0 Å². The fourth-order valence-corrected chi connectivity index (χ4v) is 2.11. The van der Waals surface area contributed by atoms with E-state index in [1.54, 1.807) is 6.20 Å². The van der Waals surface area contributed by atoms with Gasteiger partial charge in [0, 0.05) is 6.20 Å². The molecular formula is C10H14IN3O. The van der Waals surface area contributed by atoms with Crippen molar-refractivity contribution in [1.29, 1.82) is 0 Å². The molecule has 1 aliphatic rings. The van der Waals surface area contributed by atoms with E-state index in [0.29, 0.717) is 11.8 Å². The Morgan fingerprint density at radius 3 is 3.00 bits per heavy atom. The van der Waals surface area contributed by atoms with Gasteiger partial charge in [0.25, 0.3) is 0 Å². The molecule has 0 atom stereocenters. The second kappa shape index (κ2) is 5.60. The first kappa shape index (κ1) is 11.1. The van der Waals surface area contributed by atoms with Gasteiger partial charge in [-0.2, -0.15) is 0 Å². The van der Waals surface area contributed by atoms with Crippen LogP contribution in [-0.4, -0.2) is 29.7 Å². The summed E-state index contributed by atoms with van der Waals surface area (Å²) in [7, 11) is 0. The van der Waals surface area contributed by atoms with E-state index < -0.39 is 0 Å². The molecule has 0 radical (unpaired) electrons. The lowest BCUT2D eigenvalue weighted by atomic mass is 9.99. The molecule has 1 fully saturated rings. The Balaban J connectivity index is 1.84. The van der Waals surface area contributed by atoms with Gasteiger partial charge in [-0.3, -0.25) is 0 Å². The van der Waals surface area contributed by atoms with Crippen LogP contribution in [0.2, 0.25) is 0 Å². The number of rotatable bonds is 3. The summed E-state index contributed by atoms with van der Waals surface area (Å²) < 4.78 is 6.67. The van der Waals surface area contributed by atoms with Crippen LogP contribution in [0.1, 0.15) is 12.8 Å². The zero-order valence-corrected chi connectivity index (χ0v) is 10.6. The van der Waals surface area contributed by atoms with E-state index in [-0.39, 0.29) is 0 Å². The van der Waals surface area contributed by atoms with Crippen molar-refractivity contribution in [3.63, 3.8) is 0 Å². The van der Waals surface area contributed by atoms with Crippen molar-refractivity contribution < 1.29 is 4.74 Å². The smallest absolute Gasteiger partial charge is 0.230 e. The highest BCUT2D eigenvalue weighted by Gasteiger charge is 2.14. The number of halogens is 1. The van der Waals surface area contributed by atoms with Crippen LogP contribution in [0.5, 0.6) is 5.88 Å². The van der Waals surface area contributed by atoms with Crippen LogP contribution < -0.4 is 10.1 Å². The van der Waals surface area contributed by atoms with Crippen LogP contribution in [0, 0.1) is 9.49 Å². The molecule has 2 heterocycles. The van der Waals surface area contributed by atoms with Crippen molar-refractivity contribution in [3.05, 3.63) is 16.1 Å². The van der Waals surface area contributed by atoms with Crippen molar-refractivity contribution in [3.8, 4) is 5.88 Å². The molecule has 0 unspecified atom stereocenters. The van der Waals surface area contributed by atoms with E-state index in [0.717, 1.165) is 23.3 Å². The highest BCUT2D eigenvalue weighted by Crippen LogP contribution is 2.18. The summed E-state index contributed by atoms with van der Waals surface area (Å²) in [6.07, 6.45) is 5.69. The van der Waals surface area contributed by atoms with Crippen molar-refractivity contribution in [2.24, 2.45) is 5.92 Å². The summed E-state index contributed by atoms with van der Waals surface area (Å²) in [6.45, 7) is 2.98. The number of hydrogen-bond acceptors (Lipinski definition) is 4. The third kappa shape index (κ3) is 3.27. The number of ether oxygens (including phenoxy) is 1. The Kier molecular flexibility index (Phi) is 4.13. The minimum atomic E-state index is 0.664. The molecule has 1 aromatic heterocycles. The van der Waals surface area contributed by atoms with Crippen molar-refractivity contribution in [2.75, 3.05) is 19.7 Å². The highest BCUT2D eigenvalue weighted by atomic mass is 127. The van der Waals surface area contributed by atoms with Crippen molar-refractivity contribution in [2.45, 2.75) is 12.8 Å². The lowest BCUT2D eigenvalue weighted by Gasteiger charge is -2.22. The summed E-state index contributed by atoms with van der Waals surface area (Å²) in [4.78, 5) is 8.04. The van der Waals surface area contributed by atoms with Crippen LogP contribution >= 0.6 is 22.6 Å². The molecule has 4 nitrogen and oxygen atoms in total. The van der Waals surface area contributed by atoms with E-state index >= 15 is 0 Å². The van der Waals surface area contributed by atoms with E-state index in [2.05, 4.69) is 37.9 Å². The lowest BCUT2D eigenvalue weighted by Crippen LogP contribution is -2.30. The largest absolute Gasteiger partial charge is 0.477 e. The minimum Gasteiger partial charge on any atom is -0.477 e. The topological polar surface area (TPSA) is 47.0 Å². The molecule has 82 valence electrons. The van der Waals surface area contributed by atoms with Gasteiger partial charge in [-0.1, -0.05) is 0 Å². The quantitative estimate of drug-likeness (QED) is 0.857. The third-order valence-corrected chi connectivity index (χ3v) is 3.29. The zero-order chi connectivity index (χ0) is 10.5. The molecule has 0 bridgehead atoms. The number of nitrogens with one attached hydrogen (secondary N) is 1. The van der Waals surface area contributed by atoms with Gasteiger partial charge in [-0.25, -0.2) is 9.97 Å². The number of aromatic nitrogens is 2. The second-order valence-electron chi connectivity index (χ2n) is 3.68. The summed E-state index contributed by atoms with van der Waals surface area (Å²) in [5, 5.41) is 3.34. The Morgan fingerprint density at radius 2 is 2.27 bits per heavy atom. The molecule has 0 spiro atoms. The van der Waals surface area contributed by atoms with Gasteiger partial charge in [0.2, 0.25) is 5.88 Å². The van der Waals surface area contributed by atoms with E-state index in [1.807, 2.05) is 0 Å². The Labute approximate surface area is 103 Å². The Morgan fingerprint density at radius 1 is 1.47 bits per heavy atom. The first-order valence-corrected chi connectivity index (χ1v) is 6.23. The number of piperidine rings is 1. The monoisotopic (exact) mass is 319 g/mol. The molecule has 1 aromatic rings. The summed E-state index contributed by atoms with van der Waals surface area (Å²) in [6, 6.07) is 0. The summed E-state index contributed by atoms with van der Waals surface area (Å²) in [5.41, 5.74) is 0. The molecule has 15 heavy (non-hydrogen) atoms. The molecule has 1 aliphatic heterocycles. The van der Waals surface area contributed by atoms with Gasteiger partial charge >= 0.3 is 0 Å². The Bertz CT molecular complexity index is 315. The minimum absolute atomic E-state index is 0.664. The molecule has 2 rings (SSSR count). The van der Waals surface area contributed by atoms with Crippen LogP contribution in [0.3, 0.4) is 0 Å². The van der Waals surface area contributed by atoms with Gasteiger partial charge in [0.05, 0.1) is 10.2 Å². The van der Waals surface area contributed by atoms with E-state index in [4.69, 9.17) is 4.74 Å². The average molecular weight is 319 g/mol. The van der Waals surface area contributed by atoms with Crippen LogP contribution in [0.15, 0.2) is 12.5 Å². The zero-order valence-electron chi connectivity index (χ0n) is 8.45. The fourth-order valence-electron chi connectivity index (χ4n) is 1.65. The van der Waals surface area contributed by atoms with Crippen LogP contribution in [0.4, 0.5) is 0 Å². The SMILES string of the molecule is Ic1cncnc1OCC1CCNCC1. The maximum Gasteiger partial charge on any atom is 0.230 e. The number of hydrogen-bond donors (Lipinski definition) is 1. The number of nitrogens with zero attached hydrogens (tertiary/aromatic N) is 2. The first-order chi connectivity index (χ1) is 7.36. The molecule has 0 aromatic carbocycles. The fraction of sp³-hybridized carbons (Fsp3) is 0.600. The molecule has 5 heteroatoms. The van der Waals surface area contributed by atoms with Gasteiger partial charge in [-0.05, 0) is 54.4 Å². The van der Waals surface area contributed by atoms with E-state index in [9.17, 15) is 0 Å². The first-order valence-electron chi connectivity index (χ1n) is 5.15. The maximum atomic E-state index is 5.69. The van der Waals surface area contributed by atoms with Gasteiger partial charge in [0.15, 0.2) is 0 Å². The highest BCUT2D eigenvalue weighted by molar-refractivity contribution is 14.1. The Hall–Kier alpha value is -0.430. The second-order valence-corrected chi connectivity index (χ2v) is 4.84. The van der Waals surface area contributed by atoms with Crippen LogP contribution in [-0.2, 0) is 0 Å². The summed E-state index contributed by atoms with van der Waals surface area (Å²) in [5.74, 6) is 1.38. The lowest BCUT2D eigenvalue weighted by molar-refractivity contribution is 0.207. The molecular weight excluding hydrogens is 305 g/mol. The third-order valence-electron chi connectivity index (χ3n) is 2.55. The molecule has 1 saturated heterocycles. The van der Waals surface area contributed by atoms with Gasteiger partial charge in [-0.15, -0.1) is 0 Å². The summed E-state index contributed by atoms with van der Waals surface area (Å²) >= 11 is 2.19.